The highest BCUT2D eigenvalue weighted by Crippen LogP contribution is 2.40. The molecule has 0 aliphatic carbocycles. The topological polar surface area (TPSA) is 93.8 Å². The van der Waals surface area contributed by atoms with Gasteiger partial charge >= 0.3 is 0 Å². The fourth-order valence-corrected chi connectivity index (χ4v) is 4.47. The lowest BCUT2D eigenvalue weighted by molar-refractivity contribution is -0.131. The molecular weight excluding hydrogens is 449 g/mol. The number of benzene rings is 2. The average molecular weight is 474 g/mol. The first-order valence-corrected chi connectivity index (χ1v) is 11.3. The summed E-state index contributed by atoms with van der Waals surface area (Å²) < 4.78 is 27.0. The second-order valence-corrected chi connectivity index (χ2v) is 8.30. The lowest BCUT2D eigenvalue weighted by Crippen LogP contribution is -2.40. The number of halogens is 1. The van der Waals surface area contributed by atoms with Gasteiger partial charge in [0.1, 0.15) is 23.2 Å². The zero-order chi connectivity index (χ0) is 24.4. The van der Waals surface area contributed by atoms with Crippen LogP contribution in [0.3, 0.4) is 0 Å². The van der Waals surface area contributed by atoms with Crippen molar-refractivity contribution in [3.8, 4) is 22.9 Å². The third-order valence-electron chi connectivity index (χ3n) is 6.21. The maximum Gasteiger partial charge on any atom is 0.224 e. The molecule has 2 aliphatic heterocycles. The quantitative estimate of drug-likeness (QED) is 0.560. The molecule has 0 bridgehead atoms. The Morgan fingerprint density at radius 2 is 2.11 bits per heavy atom. The van der Waals surface area contributed by atoms with Crippen LogP contribution in [0.15, 0.2) is 59.3 Å². The minimum Gasteiger partial charge on any atom is -0.496 e. The molecule has 0 atom stereocenters. The number of nitrogens with one attached hydrogen (secondary N) is 2. The summed E-state index contributed by atoms with van der Waals surface area (Å²) in [6, 6.07) is 12.5. The summed E-state index contributed by atoms with van der Waals surface area (Å²) in [6.07, 6.45) is 6.49. The smallest absolute Gasteiger partial charge is 0.224 e. The van der Waals surface area contributed by atoms with Crippen molar-refractivity contribution in [3.63, 3.8) is 0 Å². The van der Waals surface area contributed by atoms with Gasteiger partial charge in [-0.25, -0.2) is 4.39 Å². The molecule has 3 heterocycles. The van der Waals surface area contributed by atoms with Crippen molar-refractivity contribution in [2.45, 2.75) is 12.8 Å². The van der Waals surface area contributed by atoms with E-state index < -0.39 is 5.82 Å². The van der Waals surface area contributed by atoms with Crippen molar-refractivity contribution in [1.82, 2.24) is 20.9 Å². The Hall–Kier alpha value is -4.29. The van der Waals surface area contributed by atoms with E-state index in [4.69, 9.17) is 9.15 Å². The van der Waals surface area contributed by atoms with Crippen LogP contribution in [0, 0.1) is 17.1 Å². The van der Waals surface area contributed by atoms with Gasteiger partial charge in [-0.05, 0) is 24.1 Å². The molecule has 2 aromatic carbocycles. The predicted octanol–water partition coefficient (Wildman–Crippen LogP) is 3.92. The molecule has 0 saturated carbocycles. The third kappa shape index (κ3) is 4.32. The number of rotatable bonds is 6. The molecule has 8 nitrogen and oxygen atoms in total. The fourth-order valence-electron chi connectivity index (χ4n) is 4.47. The van der Waals surface area contributed by atoms with Crippen LogP contribution in [0.25, 0.3) is 27.7 Å². The van der Waals surface area contributed by atoms with E-state index >= 15 is 4.39 Å². The molecule has 0 unspecified atom stereocenters. The van der Waals surface area contributed by atoms with Gasteiger partial charge in [0, 0.05) is 61.2 Å². The van der Waals surface area contributed by atoms with Crippen LogP contribution >= 0.6 is 0 Å². The van der Waals surface area contributed by atoms with Crippen LogP contribution < -0.4 is 15.7 Å². The number of amides is 1. The molecule has 3 aromatic rings. The molecule has 2 aliphatic rings. The molecule has 2 N–H and O–H groups in total. The fraction of sp³-hybridized carbons (Fsp3) is 0.231. The normalized spacial score (nSPS) is 15.2. The summed E-state index contributed by atoms with van der Waals surface area (Å²) in [5.41, 5.74) is 8.50. The van der Waals surface area contributed by atoms with Gasteiger partial charge in [-0.1, -0.05) is 24.3 Å². The van der Waals surface area contributed by atoms with E-state index in [-0.39, 0.29) is 22.6 Å². The zero-order valence-corrected chi connectivity index (χ0v) is 19.2. The highest BCUT2D eigenvalue weighted by molar-refractivity contribution is 5.98. The molecule has 0 fully saturated rings. The maximum absolute atomic E-state index is 15.8. The first-order valence-electron chi connectivity index (χ1n) is 11.3. The number of methoxy groups -OCH3 is 1. The number of fused-ring (bicyclic) bond motifs is 1. The first-order chi connectivity index (χ1) is 17.1. The number of furan rings is 1. The minimum atomic E-state index is -0.470. The molecule has 0 spiro atoms. The lowest BCUT2D eigenvalue weighted by Gasteiger charge is -2.29. The molecule has 0 saturated heterocycles. The monoisotopic (exact) mass is 473 g/mol. The largest absolute Gasteiger partial charge is 0.496 e. The van der Waals surface area contributed by atoms with E-state index in [0.29, 0.717) is 49.4 Å². The third-order valence-corrected chi connectivity index (χ3v) is 6.21. The van der Waals surface area contributed by atoms with E-state index in [0.717, 1.165) is 11.1 Å². The summed E-state index contributed by atoms with van der Waals surface area (Å²) in [5, 5.41) is 11.4. The van der Waals surface area contributed by atoms with Gasteiger partial charge in [-0.3, -0.25) is 9.80 Å². The average Bonchev–Trinajstić information content (AvgIpc) is 3.58. The Balaban J connectivity index is 1.50. The van der Waals surface area contributed by atoms with E-state index in [2.05, 4.69) is 11.0 Å². The predicted molar refractivity (Wildman–Crippen MR) is 129 cm³/mol. The summed E-state index contributed by atoms with van der Waals surface area (Å²) in [5.74, 6) is 0.164. The molecule has 0 radical (unpaired) electrons. The molecule has 9 heteroatoms. The minimum absolute atomic E-state index is 0.000726. The van der Waals surface area contributed by atoms with E-state index in [1.165, 1.54) is 6.07 Å². The van der Waals surface area contributed by atoms with Gasteiger partial charge in [0.2, 0.25) is 11.7 Å². The highest BCUT2D eigenvalue weighted by atomic mass is 19.1. The van der Waals surface area contributed by atoms with Crippen LogP contribution in [0.1, 0.15) is 24.2 Å². The van der Waals surface area contributed by atoms with E-state index in [1.807, 2.05) is 42.6 Å². The van der Waals surface area contributed by atoms with Crippen molar-refractivity contribution in [2.24, 2.45) is 0 Å². The number of hydrazine groups is 2. The number of ether oxygens (including phenoxy) is 1. The Bertz CT molecular complexity index is 1390. The number of hydrogen-bond donors (Lipinski definition) is 2. The number of hydrogen-bond acceptors (Lipinski definition) is 7. The number of para-hydroxylation sites is 1. The van der Waals surface area contributed by atoms with Crippen LogP contribution in [-0.4, -0.2) is 42.6 Å². The van der Waals surface area contributed by atoms with Gasteiger partial charge in [0.15, 0.2) is 0 Å². The summed E-state index contributed by atoms with van der Waals surface area (Å²) in [4.78, 5) is 14.6. The van der Waals surface area contributed by atoms with Crippen molar-refractivity contribution in [2.75, 3.05) is 26.7 Å². The van der Waals surface area contributed by atoms with Gasteiger partial charge < -0.3 is 19.5 Å². The second kappa shape index (κ2) is 9.52. The number of carbonyl (C=O) groups excluding carboxylic acids is 1. The van der Waals surface area contributed by atoms with Gasteiger partial charge in [0.05, 0.1) is 12.5 Å². The Labute approximate surface area is 201 Å². The summed E-state index contributed by atoms with van der Waals surface area (Å²) in [6.45, 7) is 1.40. The number of nitrogens with zero attached hydrogens (tertiary/aromatic N) is 3. The summed E-state index contributed by atoms with van der Waals surface area (Å²) >= 11 is 0. The second-order valence-electron chi connectivity index (χ2n) is 8.30. The standard InChI is InChI=1S/C26H24FN5O3/c1-34-23-7-3-2-6-19(23)21-14-20(25(27)22-13-18(15-28)35-26(21)22)17-5-4-10-31(16-17)24(33)8-11-32-12-9-29-30-32/h2-3,5-7,9,12-14,29-30H,4,8,10-11,16H2,1H3. The van der Waals surface area contributed by atoms with E-state index in [9.17, 15) is 10.1 Å². The van der Waals surface area contributed by atoms with Crippen LogP contribution in [0.4, 0.5) is 4.39 Å². The van der Waals surface area contributed by atoms with Crippen molar-refractivity contribution in [1.29, 1.82) is 5.26 Å². The molecule has 1 aromatic heterocycles. The first kappa shape index (κ1) is 22.5. The molecule has 178 valence electrons. The van der Waals surface area contributed by atoms with E-state index in [1.54, 1.807) is 29.3 Å². The number of carbonyl (C=O) groups is 1. The van der Waals surface area contributed by atoms with Crippen molar-refractivity contribution in [3.05, 3.63) is 72.0 Å². The van der Waals surface area contributed by atoms with Gasteiger partial charge in [-0.2, -0.15) is 5.26 Å². The molecule has 1 amide bonds. The van der Waals surface area contributed by atoms with Crippen molar-refractivity contribution >= 4 is 22.4 Å². The molecular formula is C26H24FN5O3. The highest BCUT2D eigenvalue weighted by Gasteiger charge is 2.25. The lowest BCUT2D eigenvalue weighted by atomic mass is 9.93. The van der Waals surface area contributed by atoms with Crippen LogP contribution in [0.5, 0.6) is 5.75 Å². The molecule has 5 rings (SSSR count). The zero-order valence-electron chi connectivity index (χ0n) is 19.2. The van der Waals surface area contributed by atoms with Gasteiger partial charge in [0.25, 0.3) is 0 Å². The Kier molecular flexibility index (Phi) is 6.12. The maximum atomic E-state index is 15.8. The summed E-state index contributed by atoms with van der Waals surface area (Å²) in [7, 11) is 1.57. The Morgan fingerprint density at radius 3 is 2.89 bits per heavy atom. The Morgan fingerprint density at radius 1 is 1.26 bits per heavy atom. The van der Waals surface area contributed by atoms with Crippen LogP contribution in [0.2, 0.25) is 0 Å². The van der Waals surface area contributed by atoms with Gasteiger partial charge in [-0.15, -0.1) is 5.53 Å². The number of nitriles is 1. The SMILES string of the molecule is COc1ccccc1-c1cc(C2=CCCN(C(=O)CCN3C=CNN3)C2)c(F)c2cc(C#N)oc12. The molecule has 35 heavy (non-hydrogen) atoms. The van der Waals surface area contributed by atoms with Crippen LogP contribution in [-0.2, 0) is 4.79 Å². The van der Waals surface area contributed by atoms with Crippen molar-refractivity contribution < 1.29 is 18.3 Å².